The number of aryl methyl sites for hydroxylation is 1. The van der Waals surface area contributed by atoms with Crippen LogP contribution in [0.3, 0.4) is 0 Å². The molecule has 1 N–H and O–H groups in total. The van der Waals surface area contributed by atoms with Gasteiger partial charge in [-0.1, -0.05) is 17.7 Å². The smallest absolute Gasteiger partial charge is 0.142 e. The molecule has 0 aliphatic carbocycles. The Morgan fingerprint density at radius 1 is 1.24 bits per heavy atom. The Hall–Kier alpha value is -0.900. The molecule has 2 rings (SSSR count). The number of thiophene rings is 1. The normalized spacial score (nSPS) is 10.8. The Kier molecular flexibility index (Phi) is 4.15. The Bertz CT molecular complexity index is 510. The number of hydrogen-bond donors (Lipinski definition) is 1. The summed E-state index contributed by atoms with van der Waals surface area (Å²) in [5.41, 5.74) is 0.903. The zero-order chi connectivity index (χ0) is 12.3. The van der Waals surface area contributed by atoms with Gasteiger partial charge in [0.1, 0.15) is 5.82 Å². The largest absolute Gasteiger partial charge is 0.308 e. The fourth-order valence-corrected chi connectivity index (χ4v) is 2.54. The maximum Gasteiger partial charge on any atom is 0.142 e. The molecule has 4 heteroatoms. The van der Waals surface area contributed by atoms with Gasteiger partial charge in [0.2, 0.25) is 0 Å². The molecule has 0 saturated carbocycles. The second kappa shape index (κ2) is 5.63. The minimum absolute atomic E-state index is 0.169. The van der Waals surface area contributed by atoms with E-state index in [1.54, 1.807) is 17.4 Å². The molecule has 17 heavy (non-hydrogen) atoms. The highest BCUT2D eigenvalue weighted by molar-refractivity contribution is 7.11. The SMILES string of the molecule is Cc1ccc(CNCc2ccc(Cl)c(F)c2)s1. The molecule has 0 aliphatic heterocycles. The van der Waals surface area contributed by atoms with Gasteiger partial charge in [0.15, 0.2) is 0 Å². The van der Waals surface area contributed by atoms with Crippen molar-refractivity contribution in [3.63, 3.8) is 0 Å². The molecule has 1 heterocycles. The lowest BCUT2D eigenvalue weighted by Gasteiger charge is -2.04. The zero-order valence-corrected chi connectivity index (χ0v) is 11.0. The quantitative estimate of drug-likeness (QED) is 0.880. The molecule has 1 nitrogen and oxygen atoms in total. The molecule has 0 bridgehead atoms. The summed E-state index contributed by atoms with van der Waals surface area (Å²) in [7, 11) is 0. The third kappa shape index (κ3) is 3.53. The number of benzene rings is 1. The van der Waals surface area contributed by atoms with E-state index in [4.69, 9.17) is 11.6 Å². The van der Waals surface area contributed by atoms with E-state index in [0.29, 0.717) is 6.54 Å². The van der Waals surface area contributed by atoms with Crippen LogP contribution in [0.4, 0.5) is 4.39 Å². The molecule has 1 aromatic heterocycles. The van der Waals surface area contributed by atoms with Gasteiger partial charge in [0.05, 0.1) is 5.02 Å². The Morgan fingerprint density at radius 3 is 2.71 bits per heavy atom. The summed E-state index contributed by atoms with van der Waals surface area (Å²) in [6.45, 7) is 3.54. The van der Waals surface area contributed by atoms with E-state index in [-0.39, 0.29) is 10.8 Å². The highest BCUT2D eigenvalue weighted by atomic mass is 35.5. The van der Waals surface area contributed by atoms with Crippen LogP contribution >= 0.6 is 22.9 Å². The van der Waals surface area contributed by atoms with E-state index in [1.165, 1.54) is 15.8 Å². The summed E-state index contributed by atoms with van der Waals surface area (Å²) in [6, 6.07) is 9.09. The molecule has 0 unspecified atom stereocenters. The van der Waals surface area contributed by atoms with Crippen LogP contribution in [0.5, 0.6) is 0 Å². The van der Waals surface area contributed by atoms with Crippen molar-refractivity contribution in [3.8, 4) is 0 Å². The van der Waals surface area contributed by atoms with Crippen molar-refractivity contribution >= 4 is 22.9 Å². The van der Waals surface area contributed by atoms with E-state index < -0.39 is 0 Å². The van der Waals surface area contributed by atoms with Crippen LogP contribution in [0, 0.1) is 12.7 Å². The number of halogens is 2. The molecule has 0 saturated heterocycles. The Labute approximate surface area is 109 Å². The minimum atomic E-state index is -0.363. The highest BCUT2D eigenvalue weighted by Crippen LogP contribution is 2.16. The van der Waals surface area contributed by atoms with Crippen molar-refractivity contribution in [2.75, 3.05) is 0 Å². The average molecular weight is 270 g/mol. The lowest BCUT2D eigenvalue weighted by Crippen LogP contribution is -2.11. The predicted octanol–water partition coefficient (Wildman–Crippen LogP) is 4.14. The van der Waals surface area contributed by atoms with E-state index in [9.17, 15) is 4.39 Å². The van der Waals surface area contributed by atoms with Crippen molar-refractivity contribution < 1.29 is 4.39 Å². The van der Waals surface area contributed by atoms with Gasteiger partial charge in [-0.15, -0.1) is 11.3 Å². The number of hydrogen-bond acceptors (Lipinski definition) is 2. The van der Waals surface area contributed by atoms with Gasteiger partial charge >= 0.3 is 0 Å². The van der Waals surface area contributed by atoms with E-state index in [0.717, 1.165) is 12.1 Å². The molecule has 0 aliphatic rings. The van der Waals surface area contributed by atoms with Gasteiger partial charge < -0.3 is 5.32 Å². The van der Waals surface area contributed by atoms with Gasteiger partial charge in [-0.25, -0.2) is 4.39 Å². The van der Waals surface area contributed by atoms with Crippen LogP contribution in [-0.4, -0.2) is 0 Å². The predicted molar refractivity (Wildman–Crippen MR) is 71.0 cm³/mol. The minimum Gasteiger partial charge on any atom is -0.308 e. The number of nitrogens with one attached hydrogen (secondary N) is 1. The molecule has 0 fully saturated rings. The summed E-state index contributed by atoms with van der Waals surface area (Å²) in [4.78, 5) is 2.59. The van der Waals surface area contributed by atoms with Crippen LogP contribution in [0.1, 0.15) is 15.3 Å². The molecular weight excluding hydrogens is 257 g/mol. The van der Waals surface area contributed by atoms with E-state index in [1.807, 2.05) is 6.07 Å². The first-order valence-electron chi connectivity index (χ1n) is 5.35. The summed E-state index contributed by atoms with van der Waals surface area (Å²) < 4.78 is 13.2. The summed E-state index contributed by atoms with van der Waals surface area (Å²) in [5.74, 6) is -0.363. The summed E-state index contributed by atoms with van der Waals surface area (Å²) in [6.07, 6.45) is 0. The molecule has 2 aromatic rings. The van der Waals surface area contributed by atoms with Crippen molar-refractivity contribution in [3.05, 3.63) is 56.5 Å². The summed E-state index contributed by atoms with van der Waals surface area (Å²) >= 11 is 7.39. The average Bonchev–Trinajstić information content (AvgIpc) is 2.70. The molecule has 0 spiro atoms. The van der Waals surface area contributed by atoms with E-state index >= 15 is 0 Å². The van der Waals surface area contributed by atoms with Crippen molar-refractivity contribution in [2.45, 2.75) is 20.0 Å². The second-order valence-corrected chi connectivity index (χ2v) is 5.64. The number of rotatable bonds is 4. The van der Waals surface area contributed by atoms with Crippen molar-refractivity contribution in [1.82, 2.24) is 5.32 Å². The first-order chi connectivity index (χ1) is 8.15. The molecule has 0 atom stereocenters. The third-order valence-electron chi connectivity index (χ3n) is 2.41. The molecule has 0 radical (unpaired) electrons. The second-order valence-electron chi connectivity index (χ2n) is 3.86. The molecule has 90 valence electrons. The van der Waals surface area contributed by atoms with E-state index in [2.05, 4.69) is 24.4 Å². The molecule has 0 amide bonds. The third-order valence-corrected chi connectivity index (χ3v) is 3.72. The summed E-state index contributed by atoms with van der Waals surface area (Å²) in [5, 5.41) is 3.45. The highest BCUT2D eigenvalue weighted by Gasteiger charge is 2.01. The fourth-order valence-electron chi connectivity index (χ4n) is 1.56. The first-order valence-corrected chi connectivity index (χ1v) is 6.54. The molecular formula is C13H13ClFNS. The van der Waals surface area contributed by atoms with Crippen LogP contribution in [0.15, 0.2) is 30.3 Å². The van der Waals surface area contributed by atoms with Crippen LogP contribution in [-0.2, 0) is 13.1 Å². The lowest BCUT2D eigenvalue weighted by atomic mass is 10.2. The van der Waals surface area contributed by atoms with Gasteiger partial charge in [0, 0.05) is 22.8 Å². The Morgan fingerprint density at radius 2 is 2.06 bits per heavy atom. The lowest BCUT2D eigenvalue weighted by molar-refractivity contribution is 0.621. The maximum absolute atomic E-state index is 13.2. The standard InChI is InChI=1S/C13H13ClFNS/c1-9-2-4-11(17-9)8-16-7-10-3-5-12(14)13(15)6-10/h2-6,16H,7-8H2,1H3. The first kappa shape index (κ1) is 12.6. The topological polar surface area (TPSA) is 12.0 Å². The van der Waals surface area contributed by atoms with Gasteiger partial charge in [-0.3, -0.25) is 0 Å². The van der Waals surface area contributed by atoms with Crippen LogP contribution in [0.25, 0.3) is 0 Å². The van der Waals surface area contributed by atoms with Crippen molar-refractivity contribution in [2.24, 2.45) is 0 Å². The monoisotopic (exact) mass is 269 g/mol. The van der Waals surface area contributed by atoms with Gasteiger partial charge in [-0.2, -0.15) is 0 Å². The fraction of sp³-hybridized carbons (Fsp3) is 0.231. The van der Waals surface area contributed by atoms with Crippen LogP contribution in [0.2, 0.25) is 5.02 Å². The van der Waals surface area contributed by atoms with Crippen molar-refractivity contribution in [1.29, 1.82) is 0 Å². The van der Waals surface area contributed by atoms with Crippen LogP contribution < -0.4 is 5.32 Å². The molecule has 1 aromatic carbocycles. The zero-order valence-electron chi connectivity index (χ0n) is 9.47. The van der Waals surface area contributed by atoms with Gasteiger partial charge in [-0.05, 0) is 36.8 Å². The maximum atomic E-state index is 13.2. The van der Waals surface area contributed by atoms with Gasteiger partial charge in [0.25, 0.3) is 0 Å². The Balaban J connectivity index is 1.87.